The second-order valence-electron chi connectivity index (χ2n) is 33.3. The molecule has 118 heavy (non-hydrogen) atoms. The molecule has 2 N–H and O–H groups in total. The molecule has 5 aliphatic carbocycles. The van der Waals surface area contributed by atoms with Crippen LogP contribution in [0.4, 0.5) is 17.6 Å². The van der Waals surface area contributed by atoms with Crippen LogP contribution in [0.1, 0.15) is 181 Å². The molecule has 20 atom stereocenters. The van der Waals surface area contributed by atoms with Crippen molar-refractivity contribution in [3.8, 4) is 0 Å². The van der Waals surface area contributed by atoms with Gasteiger partial charge in [-0.2, -0.15) is 0 Å². The maximum atomic E-state index is 15.4. The van der Waals surface area contributed by atoms with Crippen LogP contribution >= 0.6 is 58.0 Å². The van der Waals surface area contributed by atoms with E-state index in [1.165, 1.54) is 37.7 Å². The third kappa shape index (κ3) is 15.4. The Morgan fingerprint density at radius 3 is 0.941 bits per heavy atom. The van der Waals surface area contributed by atoms with Gasteiger partial charge >= 0.3 is 0 Å². The van der Waals surface area contributed by atoms with Crippen LogP contribution in [0.5, 0.6) is 0 Å². The first-order valence-corrected chi connectivity index (χ1v) is 39.9. The summed E-state index contributed by atoms with van der Waals surface area (Å²) in [6.07, 6.45) is 14.6. The van der Waals surface area contributed by atoms with Crippen molar-refractivity contribution in [2.75, 3.05) is 6.61 Å². The van der Waals surface area contributed by atoms with Crippen molar-refractivity contribution in [3.05, 3.63) is 131 Å². The molecule has 20 rings (SSSR count). The van der Waals surface area contributed by atoms with E-state index in [1.54, 1.807) is 70.6 Å². The fourth-order valence-electron chi connectivity index (χ4n) is 18.7. The Morgan fingerprint density at radius 1 is 0.390 bits per heavy atom. The molecular weight excluding hydrogens is 1640 g/mol. The summed E-state index contributed by atoms with van der Waals surface area (Å²) in [5.74, 6) is -4.15. The lowest BCUT2D eigenvalue weighted by Crippen LogP contribution is -2.41. The maximum absolute atomic E-state index is 15.4. The van der Waals surface area contributed by atoms with Crippen LogP contribution in [0.2, 0.25) is 25.8 Å². The van der Waals surface area contributed by atoms with Crippen LogP contribution in [0.3, 0.4) is 0 Å². The number of rotatable bonds is 10. The van der Waals surface area contributed by atoms with E-state index in [1.807, 2.05) is 96.6 Å². The fourth-order valence-corrected chi connectivity index (χ4v) is 19.6. The molecule has 5 aliphatic heterocycles. The minimum Gasteiger partial charge on any atom is -0.393 e. The molecule has 0 aromatic carbocycles. The number of nitrogens with zero attached hydrogens (tertiary/aromatic N) is 15. The Kier molecular flexibility index (Phi) is 24.0. The first-order valence-electron chi connectivity index (χ1n) is 38.0. The van der Waals surface area contributed by atoms with E-state index in [9.17, 15) is 15.0 Å². The van der Waals surface area contributed by atoms with Gasteiger partial charge in [-0.3, -0.25) is 4.79 Å². The molecule has 0 unspecified atom stereocenters. The van der Waals surface area contributed by atoms with Gasteiger partial charge in [-0.05, 0) is 112 Å². The zero-order chi connectivity index (χ0) is 82.0. The number of aldehydes is 1. The maximum Gasteiger partial charge on any atom is 0.196 e. The van der Waals surface area contributed by atoms with Crippen molar-refractivity contribution in [1.82, 2.24) is 72.7 Å². The van der Waals surface area contributed by atoms with Crippen molar-refractivity contribution in [1.29, 1.82) is 0 Å². The standard InChI is InChI=1S/C16H19ClFN3O2.C16H17ClFN3O2.C16H20ClN3O3.C15H17ClFN3O3.C15H15ClFN3O3.3CH4/c2*1-4-16(18)7-10(11-12(16)23-15(2,3)22-11)21-6-5-9-13(17)19-8-20-14(9)21;1-4-16(21)7-10(11-12(16)23-15(2,3)22-11)20-6-5-9-13(17)18-8-19-14(9)20;2*1-14(2)22-10-9(5-15(17,6-21)11(10)23-14)20-4-3-8-12(16)18-7-19-13(8)20;;;/h5-6,8,10-12H,4,7H2,1-3H3;4-6,8,10-12H,1,7H2,2-3H3;5-6,8,10-12,21H,4,7H2,1-3H3;3-4,7,9-11,21H,5-6H2,1-2H3;3-4,6-7,9-11H,5H2,1-2H3;3*1H4/t2*10-,11+,12+,16-;10-,11+,12+,16+;2*9-,10+,11+,15+;;;/m11111.../s1. The molecule has 10 fully saturated rings. The number of alkyl halides is 4. The summed E-state index contributed by atoms with van der Waals surface area (Å²) in [5.41, 5.74) is -4.59. The first-order chi connectivity index (χ1) is 54.2. The van der Waals surface area contributed by atoms with Crippen molar-refractivity contribution >= 4 is 119 Å². The van der Waals surface area contributed by atoms with E-state index in [-0.39, 0.29) is 84.0 Å². The summed E-state index contributed by atoms with van der Waals surface area (Å²) in [4.78, 5) is 52.7. The summed E-state index contributed by atoms with van der Waals surface area (Å²) in [7, 11) is 0. The summed E-state index contributed by atoms with van der Waals surface area (Å²) in [5, 5.41) is 26.1. The monoisotopic (exact) mass is 1740 g/mol. The molecule has 5 saturated carbocycles. The van der Waals surface area contributed by atoms with E-state index in [0.717, 1.165) is 21.8 Å². The molecule has 0 radical (unpaired) electrons. The van der Waals surface area contributed by atoms with Crippen molar-refractivity contribution < 1.29 is 79.9 Å². The summed E-state index contributed by atoms with van der Waals surface area (Å²) >= 11 is 30.5. The van der Waals surface area contributed by atoms with E-state index in [0.29, 0.717) is 91.1 Å². The topological polar surface area (TPSA) is 303 Å². The molecule has 37 heteroatoms. The van der Waals surface area contributed by atoms with Crippen LogP contribution in [0.25, 0.3) is 55.2 Å². The zero-order valence-electron chi connectivity index (χ0n) is 64.8. The molecule has 0 bridgehead atoms. The Balaban J connectivity index is 0.000000127. The number of halogens is 9. The van der Waals surface area contributed by atoms with Gasteiger partial charge in [0.1, 0.15) is 152 Å². The Bertz CT molecular complexity index is 4950. The lowest BCUT2D eigenvalue weighted by Gasteiger charge is -2.29. The van der Waals surface area contributed by atoms with Gasteiger partial charge in [0.05, 0.1) is 69.3 Å². The number of fused-ring (bicyclic) bond motifs is 10. The number of aliphatic hydroxyl groups excluding tert-OH is 1. The third-order valence-electron chi connectivity index (χ3n) is 23.8. The molecule has 0 amide bonds. The van der Waals surface area contributed by atoms with Gasteiger partial charge in [0, 0.05) is 63.1 Å². The molecule has 0 spiro atoms. The predicted octanol–water partition coefficient (Wildman–Crippen LogP) is 16.4. The van der Waals surface area contributed by atoms with Gasteiger partial charge in [-0.1, -0.05) is 107 Å². The van der Waals surface area contributed by atoms with E-state index in [2.05, 4.69) is 56.4 Å². The lowest BCUT2D eigenvalue weighted by molar-refractivity contribution is -0.182. The quantitative estimate of drug-likeness (QED) is 0.0556. The van der Waals surface area contributed by atoms with Gasteiger partial charge in [0.25, 0.3) is 0 Å². The zero-order valence-corrected chi connectivity index (χ0v) is 68.6. The highest BCUT2D eigenvalue weighted by Crippen LogP contribution is 2.57. The van der Waals surface area contributed by atoms with Gasteiger partial charge in [-0.25, -0.2) is 67.4 Å². The normalized spacial score (nSPS) is 34.8. The number of aliphatic hydroxyl groups is 2. The molecule has 28 nitrogen and oxygen atoms in total. The van der Waals surface area contributed by atoms with E-state index < -0.39 is 113 Å². The molecule has 640 valence electrons. The molecule has 10 aromatic rings. The smallest absolute Gasteiger partial charge is 0.196 e. The summed E-state index contributed by atoms with van der Waals surface area (Å²) < 4.78 is 129. The second kappa shape index (κ2) is 31.8. The average molecular weight is 1750 g/mol. The number of hydrogen-bond acceptors (Lipinski definition) is 23. The number of ether oxygens (including phenoxy) is 10. The molecular formula is C81H100Cl5F4N15O13. The van der Waals surface area contributed by atoms with Gasteiger partial charge in [0.15, 0.2) is 52.2 Å². The van der Waals surface area contributed by atoms with Crippen molar-refractivity contribution in [2.45, 2.75) is 299 Å². The number of aromatic nitrogens is 15. The number of carbonyl (C=O) groups excluding carboxylic acids is 1. The third-order valence-corrected chi connectivity index (χ3v) is 25.3. The highest BCUT2D eigenvalue weighted by Gasteiger charge is 2.67. The highest BCUT2D eigenvalue weighted by atomic mass is 35.5. The SMILES string of the molecule is C.C.C.C=C[C@@]1(F)C[C@@H](n2ccc3c(Cl)ncnc32)[C@@H]2OC(C)(C)O[C@@H]21.CC1(C)O[C@H]2[C@H](n3ccc4c(Cl)ncnc43)C[C@](F)(C=O)[C@H]2O1.CC1(C)O[C@H]2[C@H](n3ccc4c(Cl)ncnc43)C[C@](F)(CO)[C@H]2O1.CC[C@@]1(F)C[C@@H](n2ccc3c(Cl)ncnc32)[C@@H]2OC(C)(C)O[C@@H]21.CC[C@]1(O)C[C@@H](n2ccc3c(Cl)ncnc32)[C@@H]2OC(C)(C)O[C@@H]21. The highest BCUT2D eigenvalue weighted by molar-refractivity contribution is 6.35. The second-order valence-corrected chi connectivity index (χ2v) is 35.1. The minimum atomic E-state index is -2.09. The van der Waals surface area contributed by atoms with Crippen LogP contribution in [-0.4, -0.2) is 214 Å². The number of hydrogen-bond donors (Lipinski definition) is 2. The molecule has 15 heterocycles. The Hall–Kier alpha value is -6.80. The van der Waals surface area contributed by atoms with Crippen molar-refractivity contribution in [3.63, 3.8) is 0 Å². The predicted molar refractivity (Wildman–Crippen MR) is 435 cm³/mol. The van der Waals surface area contributed by atoms with Gasteiger partial charge in [-0.15, -0.1) is 0 Å². The van der Waals surface area contributed by atoms with E-state index in [4.69, 9.17) is 105 Å². The van der Waals surface area contributed by atoms with Crippen LogP contribution in [0, 0.1) is 0 Å². The van der Waals surface area contributed by atoms with Crippen LogP contribution in [0.15, 0.2) is 106 Å². The summed E-state index contributed by atoms with van der Waals surface area (Å²) in [6, 6.07) is 7.90. The Morgan fingerprint density at radius 2 is 0.644 bits per heavy atom. The largest absolute Gasteiger partial charge is 0.393 e. The van der Waals surface area contributed by atoms with Gasteiger partial charge < -0.3 is 80.4 Å². The molecule has 5 saturated heterocycles. The first kappa shape index (κ1) is 89.0. The average Bonchev–Trinajstić information content (AvgIpc) is 1.59. The summed E-state index contributed by atoms with van der Waals surface area (Å²) in [6.45, 7) is 24.8. The lowest BCUT2D eigenvalue weighted by atomic mass is 9.96. The molecule has 10 aromatic heterocycles. The van der Waals surface area contributed by atoms with Crippen LogP contribution < -0.4 is 0 Å². The fraction of sp³-hybridized carbons (Fsp3) is 0.593. The number of carbonyl (C=O) groups is 1. The Labute approximate surface area is 704 Å². The minimum absolute atomic E-state index is 0. The van der Waals surface area contributed by atoms with Crippen LogP contribution in [-0.2, 0) is 52.2 Å². The van der Waals surface area contributed by atoms with Crippen molar-refractivity contribution in [2.24, 2.45) is 0 Å². The van der Waals surface area contributed by atoms with Gasteiger partial charge in [0.2, 0.25) is 0 Å². The molecule has 10 aliphatic rings. The van der Waals surface area contributed by atoms with E-state index >= 15 is 17.6 Å².